The molecule has 1 unspecified atom stereocenters. The van der Waals surface area contributed by atoms with Crippen LogP contribution in [0, 0.1) is 0 Å². The van der Waals surface area contributed by atoms with Crippen molar-refractivity contribution in [1.29, 1.82) is 0 Å². The fraction of sp³-hybridized carbons (Fsp3) is 0.0667. The van der Waals surface area contributed by atoms with E-state index in [9.17, 15) is 4.79 Å². The third kappa shape index (κ3) is 2.86. The first-order valence-electron chi connectivity index (χ1n) is 5.57. The average Bonchev–Trinajstić information content (AvgIpc) is 2.40. The standard InChI is InChI=1S/C15H12OS2/c16-14(12-9-5-2-6-10-12)13(15(17)18)11-7-3-1-4-8-11/h1-10,13H,(H,17,18). The van der Waals surface area contributed by atoms with Gasteiger partial charge in [-0.15, -0.1) is 12.6 Å². The van der Waals surface area contributed by atoms with Crippen molar-refractivity contribution >= 4 is 34.8 Å². The molecule has 2 aromatic carbocycles. The first-order chi connectivity index (χ1) is 8.70. The van der Waals surface area contributed by atoms with Gasteiger partial charge in [0.2, 0.25) is 0 Å². The summed E-state index contributed by atoms with van der Waals surface area (Å²) in [6.07, 6.45) is 0. The molecule has 0 fully saturated rings. The minimum absolute atomic E-state index is 0.0122. The van der Waals surface area contributed by atoms with Gasteiger partial charge in [0.15, 0.2) is 5.78 Å². The maximum absolute atomic E-state index is 12.5. The van der Waals surface area contributed by atoms with Crippen LogP contribution < -0.4 is 0 Å². The zero-order chi connectivity index (χ0) is 13.0. The number of thiol groups is 1. The molecule has 0 aromatic heterocycles. The highest BCUT2D eigenvalue weighted by atomic mass is 32.1. The number of ketones is 1. The van der Waals surface area contributed by atoms with E-state index in [-0.39, 0.29) is 5.78 Å². The van der Waals surface area contributed by atoms with Crippen LogP contribution in [0.15, 0.2) is 60.7 Å². The summed E-state index contributed by atoms with van der Waals surface area (Å²) in [4.78, 5) is 12.5. The maximum Gasteiger partial charge on any atom is 0.176 e. The fourth-order valence-corrected chi connectivity index (χ4v) is 2.33. The average molecular weight is 272 g/mol. The summed E-state index contributed by atoms with van der Waals surface area (Å²) >= 11 is 9.32. The molecule has 18 heavy (non-hydrogen) atoms. The Morgan fingerprint density at radius 3 is 1.94 bits per heavy atom. The number of hydrogen-bond donors (Lipinski definition) is 1. The number of benzene rings is 2. The summed E-state index contributed by atoms with van der Waals surface area (Å²) in [6, 6.07) is 18.7. The van der Waals surface area contributed by atoms with Gasteiger partial charge in [-0.2, -0.15) is 0 Å². The van der Waals surface area contributed by atoms with Gasteiger partial charge < -0.3 is 0 Å². The molecule has 2 aromatic rings. The molecular weight excluding hydrogens is 260 g/mol. The minimum Gasteiger partial charge on any atom is -0.293 e. The van der Waals surface area contributed by atoms with Crippen molar-refractivity contribution in [2.45, 2.75) is 5.92 Å². The lowest BCUT2D eigenvalue weighted by atomic mass is 9.92. The first kappa shape index (κ1) is 13.0. The summed E-state index contributed by atoms with van der Waals surface area (Å²) in [7, 11) is 0. The van der Waals surface area contributed by atoms with Crippen LogP contribution in [0.4, 0.5) is 0 Å². The molecule has 0 saturated heterocycles. The lowest BCUT2D eigenvalue weighted by molar-refractivity contribution is 0.0984. The molecule has 0 bridgehead atoms. The van der Waals surface area contributed by atoms with E-state index in [1.165, 1.54) is 0 Å². The van der Waals surface area contributed by atoms with Crippen molar-refractivity contribution in [2.24, 2.45) is 0 Å². The van der Waals surface area contributed by atoms with Crippen molar-refractivity contribution in [3.05, 3.63) is 71.8 Å². The van der Waals surface area contributed by atoms with Crippen LogP contribution in [0.2, 0.25) is 0 Å². The van der Waals surface area contributed by atoms with Gasteiger partial charge in [0.05, 0.1) is 10.1 Å². The van der Waals surface area contributed by atoms with Crippen molar-refractivity contribution in [3.8, 4) is 0 Å². The summed E-state index contributed by atoms with van der Waals surface area (Å²) in [6.45, 7) is 0. The van der Waals surface area contributed by atoms with Crippen LogP contribution >= 0.6 is 24.8 Å². The monoisotopic (exact) mass is 272 g/mol. The zero-order valence-electron chi connectivity index (χ0n) is 9.61. The molecule has 0 aliphatic carbocycles. The van der Waals surface area contributed by atoms with E-state index in [2.05, 4.69) is 12.6 Å². The van der Waals surface area contributed by atoms with Crippen molar-refractivity contribution in [1.82, 2.24) is 0 Å². The minimum atomic E-state index is -0.466. The highest BCUT2D eigenvalue weighted by Crippen LogP contribution is 2.24. The highest BCUT2D eigenvalue weighted by Gasteiger charge is 2.24. The van der Waals surface area contributed by atoms with Gasteiger partial charge in [-0.3, -0.25) is 4.79 Å². The van der Waals surface area contributed by atoms with Crippen LogP contribution in [0.25, 0.3) is 0 Å². The second kappa shape index (κ2) is 5.94. The molecular formula is C15H12OS2. The van der Waals surface area contributed by atoms with E-state index in [0.29, 0.717) is 9.76 Å². The van der Waals surface area contributed by atoms with Crippen molar-refractivity contribution < 1.29 is 4.79 Å². The molecule has 0 amide bonds. The maximum atomic E-state index is 12.5. The third-order valence-electron chi connectivity index (χ3n) is 2.70. The topological polar surface area (TPSA) is 17.1 Å². The molecule has 2 rings (SSSR count). The first-order valence-corrected chi connectivity index (χ1v) is 6.42. The predicted octanol–water partition coefficient (Wildman–Crippen LogP) is 3.91. The predicted molar refractivity (Wildman–Crippen MR) is 81.5 cm³/mol. The van der Waals surface area contributed by atoms with Crippen LogP contribution in [0.3, 0.4) is 0 Å². The summed E-state index contributed by atoms with van der Waals surface area (Å²) < 4.78 is 0.398. The van der Waals surface area contributed by atoms with Crippen LogP contribution in [-0.2, 0) is 0 Å². The highest BCUT2D eigenvalue weighted by molar-refractivity contribution is 8.11. The second-order valence-electron chi connectivity index (χ2n) is 3.91. The van der Waals surface area contributed by atoms with Crippen LogP contribution in [0.1, 0.15) is 21.8 Å². The number of rotatable bonds is 4. The number of Topliss-reactive ketones (excluding diaryl/α,β-unsaturated/α-hetero) is 1. The van der Waals surface area contributed by atoms with E-state index in [1.54, 1.807) is 12.1 Å². The SMILES string of the molecule is O=C(c1ccccc1)C(C(=S)S)c1ccccc1. The Kier molecular flexibility index (Phi) is 4.28. The molecule has 1 nitrogen and oxygen atoms in total. The molecule has 0 saturated carbocycles. The Hall–Kier alpha value is -1.45. The summed E-state index contributed by atoms with van der Waals surface area (Å²) in [5.41, 5.74) is 1.54. The second-order valence-corrected chi connectivity index (χ2v) is 5.14. The normalized spacial score (nSPS) is 11.8. The van der Waals surface area contributed by atoms with Gasteiger partial charge in [0.1, 0.15) is 0 Å². The molecule has 0 aliphatic rings. The van der Waals surface area contributed by atoms with Gasteiger partial charge in [-0.25, -0.2) is 0 Å². The molecule has 0 heterocycles. The van der Waals surface area contributed by atoms with E-state index in [0.717, 1.165) is 5.56 Å². The number of carbonyl (C=O) groups is 1. The summed E-state index contributed by atoms with van der Waals surface area (Å²) in [5, 5.41) is 0. The van der Waals surface area contributed by atoms with Gasteiger partial charge in [-0.05, 0) is 5.56 Å². The Labute approximate surface area is 117 Å². The quantitative estimate of drug-likeness (QED) is 0.516. The fourth-order valence-electron chi connectivity index (χ4n) is 1.82. The largest absolute Gasteiger partial charge is 0.293 e. The van der Waals surface area contributed by atoms with Gasteiger partial charge in [-0.1, -0.05) is 72.9 Å². The van der Waals surface area contributed by atoms with Crippen LogP contribution in [0.5, 0.6) is 0 Å². The summed E-state index contributed by atoms with van der Waals surface area (Å²) in [5.74, 6) is -0.478. The van der Waals surface area contributed by atoms with Gasteiger partial charge in [0, 0.05) is 5.56 Å². The van der Waals surface area contributed by atoms with Crippen LogP contribution in [-0.4, -0.2) is 9.98 Å². The van der Waals surface area contributed by atoms with Gasteiger partial charge >= 0.3 is 0 Å². The molecule has 0 spiro atoms. The smallest absolute Gasteiger partial charge is 0.176 e. The Morgan fingerprint density at radius 2 is 1.44 bits per heavy atom. The lowest BCUT2D eigenvalue weighted by Gasteiger charge is -2.14. The lowest BCUT2D eigenvalue weighted by Crippen LogP contribution is -2.17. The van der Waals surface area contributed by atoms with E-state index < -0.39 is 5.92 Å². The van der Waals surface area contributed by atoms with Crippen molar-refractivity contribution in [2.75, 3.05) is 0 Å². The zero-order valence-corrected chi connectivity index (χ0v) is 11.3. The molecule has 0 N–H and O–H groups in total. The molecule has 90 valence electrons. The van der Waals surface area contributed by atoms with E-state index in [1.807, 2.05) is 48.5 Å². The van der Waals surface area contributed by atoms with E-state index in [4.69, 9.17) is 12.2 Å². The number of carbonyl (C=O) groups excluding carboxylic acids is 1. The molecule has 0 radical (unpaired) electrons. The Balaban J connectivity index is 2.39. The molecule has 1 atom stereocenters. The van der Waals surface area contributed by atoms with Gasteiger partial charge in [0.25, 0.3) is 0 Å². The number of hydrogen-bond acceptors (Lipinski definition) is 2. The van der Waals surface area contributed by atoms with Crippen molar-refractivity contribution in [3.63, 3.8) is 0 Å². The molecule has 3 heteroatoms. The third-order valence-corrected chi connectivity index (χ3v) is 3.19. The Morgan fingerprint density at radius 1 is 0.944 bits per heavy atom. The Bertz CT molecular complexity index is 549. The molecule has 0 aliphatic heterocycles. The number of thiocarbonyl (C=S) groups is 1. The van der Waals surface area contributed by atoms with E-state index >= 15 is 0 Å².